The zero-order valence-electron chi connectivity index (χ0n) is 15.5. The van der Waals surface area contributed by atoms with Gasteiger partial charge in [0.25, 0.3) is 0 Å². The molecular weight excluding hydrogens is 320 g/mol. The number of carbonyl (C=O) groups excluding carboxylic acids is 2. The van der Waals surface area contributed by atoms with Gasteiger partial charge >= 0.3 is 12.1 Å². The molecular formula is C19H28N2O4. The van der Waals surface area contributed by atoms with Crippen LogP contribution in [0.4, 0.5) is 10.5 Å². The van der Waals surface area contributed by atoms with E-state index < -0.39 is 5.60 Å². The van der Waals surface area contributed by atoms with E-state index in [4.69, 9.17) is 15.2 Å². The van der Waals surface area contributed by atoms with Crippen LogP contribution in [-0.2, 0) is 14.3 Å². The third kappa shape index (κ3) is 5.11. The Labute approximate surface area is 149 Å². The standard InChI is InChI=1S/C19H28N2O4/c1-5-24-17(22)15-9-10-21(18(23)25-19(2,3)4)12-16(15)13-7-6-8-14(20)11-13/h6-8,11,15-16H,5,9-10,12,20H2,1-4H3. The molecule has 2 unspecified atom stereocenters. The van der Waals surface area contributed by atoms with Crippen LogP contribution in [0, 0.1) is 5.92 Å². The molecule has 138 valence electrons. The summed E-state index contributed by atoms with van der Waals surface area (Å²) < 4.78 is 10.7. The lowest BCUT2D eigenvalue weighted by atomic mass is 9.80. The second-order valence-electron chi connectivity index (χ2n) is 7.35. The van der Waals surface area contributed by atoms with Crippen molar-refractivity contribution in [3.8, 4) is 0 Å². The van der Waals surface area contributed by atoms with Crippen LogP contribution in [-0.4, -0.2) is 42.3 Å². The number of piperidine rings is 1. The van der Waals surface area contributed by atoms with E-state index in [9.17, 15) is 9.59 Å². The molecule has 0 bridgehead atoms. The Morgan fingerprint density at radius 2 is 2.04 bits per heavy atom. The number of likely N-dealkylation sites (tertiary alicyclic amines) is 1. The summed E-state index contributed by atoms with van der Waals surface area (Å²) in [6, 6.07) is 7.46. The summed E-state index contributed by atoms with van der Waals surface area (Å²) >= 11 is 0. The Morgan fingerprint density at radius 1 is 1.32 bits per heavy atom. The van der Waals surface area contributed by atoms with Crippen molar-refractivity contribution in [2.75, 3.05) is 25.4 Å². The summed E-state index contributed by atoms with van der Waals surface area (Å²) in [5.41, 5.74) is 6.92. The molecule has 1 aromatic carbocycles. The summed E-state index contributed by atoms with van der Waals surface area (Å²) in [7, 11) is 0. The fourth-order valence-corrected chi connectivity index (χ4v) is 3.10. The largest absolute Gasteiger partial charge is 0.466 e. The molecule has 1 fully saturated rings. The third-order valence-corrected chi connectivity index (χ3v) is 4.19. The lowest BCUT2D eigenvalue weighted by molar-refractivity contribution is -0.150. The van der Waals surface area contributed by atoms with Gasteiger partial charge in [0.05, 0.1) is 12.5 Å². The van der Waals surface area contributed by atoms with Crippen LogP contribution in [0.3, 0.4) is 0 Å². The van der Waals surface area contributed by atoms with Crippen LogP contribution < -0.4 is 5.73 Å². The normalized spacial score (nSPS) is 20.9. The maximum atomic E-state index is 12.4. The fraction of sp³-hybridized carbons (Fsp3) is 0.579. The average Bonchev–Trinajstić information content (AvgIpc) is 2.53. The predicted octanol–water partition coefficient (Wildman–Crippen LogP) is 3.17. The average molecular weight is 348 g/mol. The number of benzene rings is 1. The van der Waals surface area contributed by atoms with E-state index in [1.54, 1.807) is 17.9 Å². The van der Waals surface area contributed by atoms with Crippen LogP contribution in [0.1, 0.15) is 45.6 Å². The Morgan fingerprint density at radius 3 is 2.64 bits per heavy atom. The molecule has 2 atom stereocenters. The molecule has 1 heterocycles. The smallest absolute Gasteiger partial charge is 0.410 e. The molecule has 0 aliphatic carbocycles. The molecule has 0 spiro atoms. The van der Waals surface area contributed by atoms with E-state index in [2.05, 4.69) is 0 Å². The van der Waals surface area contributed by atoms with E-state index in [0.717, 1.165) is 5.56 Å². The van der Waals surface area contributed by atoms with Crippen LogP contribution in [0.25, 0.3) is 0 Å². The Balaban J connectivity index is 2.23. The highest BCUT2D eigenvalue weighted by Gasteiger charge is 2.38. The molecule has 1 amide bonds. The first kappa shape index (κ1) is 19.1. The van der Waals surface area contributed by atoms with Gasteiger partial charge in [-0.2, -0.15) is 0 Å². The molecule has 0 saturated carbocycles. The van der Waals surface area contributed by atoms with Gasteiger partial charge in [-0.05, 0) is 51.8 Å². The van der Waals surface area contributed by atoms with Crippen molar-refractivity contribution in [2.45, 2.75) is 45.6 Å². The van der Waals surface area contributed by atoms with Gasteiger partial charge in [-0.25, -0.2) is 4.79 Å². The number of amides is 1. The highest BCUT2D eigenvalue weighted by molar-refractivity contribution is 5.75. The molecule has 0 aromatic heterocycles. The van der Waals surface area contributed by atoms with Crippen LogP contribution >= 0.6 is 0 Å². The zero-order chi connectivity index (χ0) is 18.6. The number of carbonyl (C=O) groups is 2. The van der Waals surface area contributed by atoms with Crippen molar-refractivity contribution in [1.82, 2.24) is 4.90 Å². The summed E-state index contributed by atoms with van der Waals surface area (Å²) in [5, 5.41) is 0. The number of hydrogen-bond acceptors (Lipinski definition) is 5. The van der Waals surface area contributed by atoms with E-state index in [-0.39, 0.29) is 23.9 Å². The molecule has 25 heavy (non-hydrogen) atoms. The molecule has 2 N–H and O–H groups in total. The van der Waals surface area contributed by atoms with Crippen molar-refractivity contribution >= 4 is 17.7 Å². The molecule has 0 radical (unpaired) electrons. The van der Waals surface area contributed by atoms with E-state index >= 15 is 0 Å². The molecule has 2 rings (SSSR count). The van der Waals surface area contributed by atoms with Gasteiger partial charge < -0.3 is 20.1 Å². The van der Waals surface area contributed by atoms with E-state index in [1.165, 1.54) is 0 Å². The monoisotopic (exact) mass is 348 g/mol. The predicted molar refractivity (Wildman–Crippen MR) is 96.1 cm³/mol. The van der Waals surface area contributed by atoms with Gasteiger partial charge in [-0.1, -0.05) is 12.1 Å². The molecule has 1 saturated heterocycles. The Hall–Kier alpha value is -2.24. The van der Waals surface area contributed by atoms with Gasteiger partial charge in [0, 0.05) is 24.7 Å². The topological polar surface area (TPSA) is 81.9 Å². The summed E-state index contributed by atoms with van der Waals surface area (Å²) in [4.78, 5) is 26.5. The Bertz CT molecular complexity index is 624. The SMILES string of the molecule is CCOC(=O)C1CCN(C(=O)OC(C)(C)C)CC1c1cccc(N)c1. The number of anilines is 1. The van der Waals surface area contributed by atoms with Gasteiger partial charge in [0.2, 0.25) is 0 Å². The second kappa shape index (κ2) is 7.76. The number of nitrogens with zero attached hydrogens (tertiary/aromatic N) is 1. The van der Waals surface area contributed by atoms with Crippen LogP contribution in [0.15, 0.2) is 24.3 Å². The quantitative estimate of drug-likeness (QED) is 0.670. The van der Waals surface area contributed by atoms with Gasteiger partial charge in [0.15, 0.2) is 0 Å². The first-order valence-electron chi connectivity index (χ1n) is 8.71. The highest BCUT2D eigenvalue weighted by atomic mass is 16.6. The summed E-state index contributed by atoms with van der Waals surface area (Å²) in [5.74, 6) is -0.678. The number of hydrogen-bond donors (Lipinski definition) is 1. The van der Waals surface area contributed by atoms with E-state index in [1.807, 2.05) is 39.0 Å². The number of esters is 1. The first-order valence-corrected chi connectivity index (χ1v) is 8.71. The number of nitrogen functional groups attached to an aromatic ring is 1. The number of ether oxygens (including phenoxy) is 2. The second-order valence-corrected chi connectivity index (χ2v) is 7.35. The first-order chi connectivity index (χ1) is 11.7. The molecule has 6 nitrogen and oxygen atoms in total. The van der Waals surface area contributed by atoms with Gasteiger partial charge in [-0.15, -0.1) is 0 Å². The Kier molecular flexibility index (Phi) is 5.93. The van der Waals surface area contributed by atoms with Crippen LogP contribution in [0.2, 0.25) is 0 Å². The highest BCUT2D eigenvalue weighted by Crippen LogP contribution is 2.34. The van der Waals surface area contributed by atoms with Gasteiger partial charge in [0.1, 0.15) is 5.60 Å². The fourth-order valence-electron chi connectivity index (χ4n) is 3.10. The molecule has 1 aliphatic rings. The lowest BCUT2D eigenvalue weighted by Crippen LogP contribution is -2.47. The van der Waals surface area contributed by atoms with Crippen molar-refractivity contribution in [3.05, 3.63) is 29.8 Å². The third-order valence-electron chi connectivity index (χ3n) is 4.19. The van der Waals surface area contributed by atoms with Crippen molar-refractivity contribution in [1.29, 1.82) is 0 Å². The zero-order valence-corrected chi connectivity index (χ0v) is 15.5. The summed E-state index contributed by atoms with van der Waals surface area (Å²) in [6.07, 6.45) is 0.182. The maximum absolute atomic E-state index is 12.4. The lowest BCUT2D eigenvalue weighted by Gasteiger charge is -2.38. The molecule has 6 heteroatoms. The van der Waals surface area contributed by atoms with Crippen molar-refractivity contribution < 1.29 is 19.1 Å². The molecule has 1 aliphatic heterocycles. The van der Waals surface area contributed by atoms with Gasteiger partial charge in [-0.3, -0.25) is 4.79 Å². The minimum atomic E-state index is -0.554. The minimum Gasteiger partial charge on any atom is -0.466 e. The minimum absolute atomic E-state index is 0.163. The summed E-state index contributed by atoms with van der Waals surface area (Å²) in [6.45, 7) is 8.53. The van der Waals surface area contributed by atoms with E-state index in [0.29, 0.717) is 31.8 Å². The van der Waals surface area contributed by atoms with Crippen molar-refractivity contribution in [2.24, 2.45) is 5.92 Å². The number of nitrogens with two attached hydrogens (primary N) is 1. The molecule has 1 aromatic rings. The van der Waals surface area contributed by atoms with Crippen LogP contribution in [0.5, 0.6) is 0 Å². The number of rotatable bonds is 3. The maximum Gasteiger partial charge on any atom is 0.410 e. The van der Waals surface area contributed by atoms with Crippen molar-refractivity contribution in [3.63, 3.8) is 0 Å².